The van der Waals surface area contributed by atoms with Gasteiger partial charge >= 0.3 is 0 Å². The van der Waals surface area contributed by atoms with Crippen molar-refractivity contribution in [3.8, 4) is 11.6 Å². The first-order valence-electron chi connectivity index (χ1n) is 4.45. The van der Waals surface area contributed by atoms with Gasteiger partial charge in [0.25, 0.3) is 0 Å². The van der Waals surface area contributed by atoms with Crippen molar-refractivity contribution in [2.75, 3.05) is 0 Å². The number of ether oxygens (including phenoxy) is 1. The number of rotatable bonds is 0. The zero-order valence-electron chi connectivity index (χ0n) is 7.77. The van der Waals surface area contributed by atoms with E-state index < -0.39 is 0 Å². The van der Waals surface area contributed by atoms with Gasteiger partial charge in [-0.25, -0.2) is 9.97 Å². The zero-order valence-corrected chi connectivity index (χ0v) is 7.77. The molecule has 0 saturated carbocycles. The largest absolute Gasteiger partial charge is 0.483 e. The molecule has 0 aromatic carbocycles. The van der Waals surface area contributed by atoms with Gasteiger partial charge < -0.3 is 4.74 Å². The molecule has 0 N–H and O–H groups in total. The third-order valence-corrected chi connectivity index (χ3v) is 2.29. The van der Waals surface area contributed by atoms with Crippen LogP contribution in [0.15, 0.2) is 24.8 Å². The van der Waals surface area contributed by atoms with E-state index in [9.17, 15) is 0 Å². The highest BCUT2D eigenvalue weighted by Crippen LogP contribution is 2.27. The molecule has 1 aliphatic rings. The zero-order chi connectivity index (χ0) is 9.54. The van der Waals surface area contributed by atoms with Crippen LogP contribution in [-0.4, -0.2) is 14.5 Å². The molecule has 1 aliphatic heterocycles. The van der Waals surface area contributed by atoms with Gasteiger partial charge in [-0.2, -0.15) is 0 Å². The molecule has 4 nitrogen and oxygen atoms in total. The lowest BCUT2D eigenvalue weighted by Gasteiger charge is -2.18. The molecule has 14 heavy (non-hydrogen) atoms. The summed E-state index contributed by atoms with van der Waals surface area (Å²) in [5.41, 5.74) is 2.14. The number of nitrogens with zero attached hydrogens (tertiary/aromatic N) is 3. The molecule has 4 heteroatoms. The fourth-order valence-corrected chi connectivity index (χ4v) is 1.59. The van der Waals surface area contributed by atoms with E-state index in [2.05, 4.69) is 9.97 Å². The van der Waals surface area contributed by atoms with E-state index in [1.165, 1.54) is 0 Å². The highest BCUT2D eigenvalue weighted by molar-refractivity contribution is 5.45. The number of hydrogen-bond donors (Lipinski definition) is 0. The summed E-state index contributed by atoms with van der Waals surface area (Å²) in [7, 11) is 0. The van der Waals surface area contributed by atoms with E-state index in [0.29, 0.717) is 6.61 Å². The van der Waals surface area contributed by atoms with Gasteiger partial charge in [-0.1, -0.05) is 0 Å². The number of pyridine rings is 1. The molecular weight excluding hydrogens is 178 g/mol. The van der Waals surface area contributed by atoms with Crippen molar-refractivity contribution in [3.63, 3.8) is 0 Å². The summed E-state index contributed by atoms with van der Waals surface area (Å²) in [6.07, 6.45) is 5.39. The average molecular weight is 187 g/mol. The Balaban J connectivity index is 2.26. The maximum atomic E-state index is 5.57. The first-order chi connectivity index (χ1) is 6.84. The number of aryl methyl sites for hydroxylation is 1. The van der Waals surface area contributed by atoms with Crippen molar-refractivity contribution in [1.82, 2.24) is 14.5 Å². The molecule has 70 valence electrons. The quantitative estimate of drug-likeness (QED) is 0.627. The molecule has 0 amide bonds. The van der Waals surface area contributed by atoms with Crippen LogP contribution in [0.25, 0.3) is 5.82 Å². The average Bonchev–Trinajstić information content (AvgIpc) is 2.65. The fraction of sp³-hybridized carbons (Fsp3) is 0.200. The molecule has 0 bridgehead atoms. The minimum Gasteiger partial charge on any atom is -0.483 e. The smallest absolute Gasteiger partial charge is 0.181 e. The molecule has 0 aliphatic carbocycles. The van der Waals surface area contributed by atoms with Crippen molar-refractivity contribution in [2.24, 2.45) is 0 Å². The highest BCUT2D eigenvalue weighted by atomic mass is 16.5. The molecule has 0 spiro atoms. The monoisotopic (exact) mass is 187 g/mol. The maximum Gasteiger partial charge on any atom is 0.181 e. The lowest BCUT2D eigenvalue weighted by Crippen LogP contribution is -2.13. The Morgan fingerprint density at radius 1 is 1.43 bits per heavy atom. The minimum absolute atomic E-state index is 0.568. The summed E-state index contributed by atoms with van der Waals surface area (Å²) < 4.78 is 7.52. The van der Waals surface area contributed by atoms with Gasteiger partial charge in [0, 0.05) is 6.20 Å². The van der Waals surface area contributed by atoms with Crippen LogP contribution in [0.4, 0.5) is 0 Å². The van der Waals surface area contributed by atoms with Crippen LogP contribution in [-0.2, 0) is 6.61 Å². The lowest BCUT2D eigenvalue weighted by molar-refractivity contribution is 0.282. The Hall–Kier alpha value is -1.84. The molecule has 0 radical (unpaired) electrons. The van der Waals surface area contributed by atoms with Gasteiger partial charge in [0.05, 0.1) is 11.9 Å². The molecule has 3 rings (SSSR count). The molecule has 3 heterocycles. The van der Waals surface area contributed by atoms with Gasteiger partial charge in [-0.15, -0.1) is 0 Å². The van der Waals surface area contributed by atoms with Gasteiger partial charge in [0.15, 0.2) is 11.6 Å². The Kier molecular flexibility index (Phi) is 1.39. The van der Waals surface area contributed by atoms with E-state index in [-0.39, 0.29) is 0 Å². The fourth-order valence-electron chi connectivity index (χ4n) is 1.59. The van der Waals surface area contributed by atoms with Crippen LogP contribution in [0.3, 0.4) is 0 Å². The Labute approximate surface area is 81.2 Å². The second kappa shape index (κ2) is 2.57. The topological polar surface area (TPSA) is 39.9 Å². The first kappa shape index (κ1) is 7.55. The summed E-state index contributed by atoms with van der Waals surface area (Å²) in [6.45, 7) is 2.57. The number of fused-ring (bicyclic) bond motifs is 3. The van der Waals surface area contributed by atoms with Crippen LogP contribution in [0, 0.1) is 6.92 Å². The Bertz CT molecular complexity index is 490. The first-order valence-corrected chi connectivity index (χ1v) is 4.45. The summed E-state index contributed by atoms with van der Waals surface area (Å²) in [6, 6.07) is 1.99. The van der Waals surface area contributed by atoms with Crippen molar-refractivity contribution in [2.45, 2.75) is 13.5 Å². The van der Waals surface area contributed by atoms with E-state index in [1.807, 2.05) is 23.8 Å². The normalized spacial score (nSPS) is 12.9. The second-order valence-electron chi connectivity index (χ2n) is 3.38. The van der Waals surface area contributed by atoms with Crippen LogP contribution < -0.4 is 4.74 Å². The van der Waals surface area contributed by atoms with E-state index in [0.717, 1.165) is 22.8 Å². The third-order valence-electron chi connectivity index (χ3n) is 2.29. The SMILES string of the molecule is Cc1cnc2c(c1)OCc1cncn1-2. The van der Waals surface area contributed by atoms with Crippen molar-refractivity contribution in [1.29, 1.82) is 0 Å². The lowest BCUT2D eigenvalue weighted by atomic mass is 10.3. The summed E-state index contributed by atoms with van der Waals surface area (Å²) in [5.74, 6) is 1.66. The van der Waals surface area contributed by atoms with Crippen molar-refractivity contribution < 1.29 is 4.74 Å². The molecule has 0 unspecified atom stereocenters. The predicted octanol–water partition coefficient (Wildman–Crippen LogP) is 1.47. The van der Waals surface area contributed by atoms with Crippen LogP contribution in [0.5, 0.6) is 5.75 Å². The van der Waals surface area contributed by atoms with E-state index in [1.54, 1.807) is 12.5 Å². The number of aromatic nitrogens is 3. The Morgan fingerprint density at radius 3 is 3.29 bits per heavy atom. The van der Waals surface area contributed by atoms with E-state index in [4.69, 9.17) is 4.74 Å². The van der Waals surface area contributed by atoms with Crippen LogP contribution >= 0.6 is 0 Å². The molecular formula is C10H9N3O. The van der Waals surface area contributed by atoms with Crippen LogP contribution in [0.1, 0.15) is 11.3 Å². The van der Waals surface area contributed by atoms with Gasteiger partial charge in [0.1, 0.15) is 12.9 Å². The standard InChI is InChI=1S/C10H9N3O/c1-7-2-9-10(12-3-7)13-6-11-4-8(13)5-14-9/h2-4,6H,5H2,1H3. The van der Waals surface area contributed by atoms with E-state index >= 15 is 0 Å². The third kappa shape index (κ3) is 0.937. The van der Waals surface area contributed by atoms with Gasteiger partial charge in [-0.3, -0.25) is 4.57 Å². The van der Waals surface area contributed by atoms with Gasteiger partial charge in [0.2, 0.25) is 0 Å². The summed E-state index contributed by atoms with van der Waals surface area (Å²) in [5, 5.41) is 0. The minimum atomic E-state index is 0.568. The molecule has 2 aromatic rings. The van der Waals surface area contributed by atoms with Crippen molar-refractivity contribution >= 4 is 0 Å². The van der Waals surface area contributed by atoms with Crippen LogP contribution in [0.2, 0.25) is 0 Å². The molecule has 0 fully saturated rings. The maximum absolute atomic E-state index is 5.57. The number of hydrogen-bond acceptors (Lipinski definition) is 3. The summed E-state index contributed by atoms with van der Waals surface area (Å²) >= 11 is 0. The van der Waals surface area contributed by atoms with Crippen molar-refractivity contribution in [3.05, 3.63) is 36.0 Å². The molecule has 0 atom stereocenters. The second-order valence-corrected chi connectivity index (χ2v) is 3.38. The van der Waals surface area contributed by atoms with Gasteiger partial charge in [-0.05, 0) is 18.6 Å². The highest BCUT2D eigenvalue weighted by Gasteiger charge is 2.17. The molecule has 0 saturated heterocycles. The molecule has 2 aromatic heterocycles. The predicted molar refractivity (Wildman–Crippen MR) is 50.4 cm³/mol. The summed E-state index contributed by atoms with van der Waals surface area (Å²) in [4.78, 5) is 8.40. The Morgan fingerprint density at radius 2 is 2.36 bits per heavy atom. The number of imidazole rings is 1.